The predicted octanol–water partition coefficient (Wildman–Crippen LogP) is 2.86. The number of aromatic nitrogens is 3. The van der Waals surface area contributed by atoms with Gasteiger partial charge in [-0.2, -0.15) is 9.97 Å². The Labute approximate surface area is 121 Å². The summed E-state index contributed by atoms with van der Waals surface area (Å²) >= 11 is 5.79. The van der Waals surface area contributed by atoms with Gasteiger partial charge in [0.1, 0.15) is 5.75 Å². The smallest absolute Gasteiger partial charge is 0.329 e. The van der Waals surface area contributed by atoms with E-state index in [9.17, 15) is 0 Å². The van der Waals surface area contributed by atoms with Gasteiger partial charge in [0, 0.05) is 7.11 Å². The zero-order valence-electron chi connectivity index (χ0n) is 11.2. The third-order valence-corrected chi connectivity index (χ3v) is 2.43. The molecule has 20 heavy (non-hydrogen) atoms. The summed E-state index contributed by atoms with van der Waals surface area (Å²) in [5.41, 5.74) is 0.982. The Morgan fingerprint density at radius 1 is 1.15 bits per heavy atom. The summed E-state index contributed by atoms with van der Waals surface area (Å²) in [6.45, 7) is 2.76. The highest BCUT2D eigenvalue weighted by molar-refractivity contribution is 6.28. The summed E-state index contributed by atoms with van der Waals surface area (Å²) in [5.74, 6) is 0.587. The van der Waals surface area contributed by atoms with Gasteiger partial charge in [-0.1, -0.05) is 12.1 Å². The first-order valence-corrected chi connectivity index (χ1v) is 6.39. The van der Waals surface area contributed by atoms with E-state index < -0.39 is 0 Å². The lowest BCUT2D eigenvalue weighted by molar-refractivity contribution is 0.184. The normalized spacial score (nSPS) is 10.3. The zero-order valence-corrected chi connectivity index (χ0v) is 11.9. The van der Waals surface area contributed by atoms with Crippen LogP contribution < -0.4 is 9.47 Å². The number of halogens is 1. The van der Waals surface area contributed by atoms with Gasteiger partial charge in [0.05, 0.1) is 13.2 Å². The van der Waals surface area contributed by atoms with E-state index in [4.69, 9.17) is 25.8 Å². The quantitative estimate of drug-likeness (QED) is 0.816. The third kappa shape index (κ3) is 4.04. The minimum atomic E-state index is 0.0199. The fraction of sp³-hybridized carbons (Fsp3) is 0.308. The Hall–Kier alpha value is -1.92. The molecule has 1 aromatic heterocycles. The van der Waals surface area contributed by atoms with Crippen molar-refractivity contribution in [2.24, 2.45) is 0 Å². The zero-order chi connectivity index (χ0) is 14.4. The second-order valence-electron chi connectivity index (χ2n) is 3.79. The lowest BCUT2D eigenvalue weighted by atomic mass is 10.2. The molecule has 106 valence electrons. The molecule has 0 atom stereocenters. The molecule has 0 fully saturated rings. The maximum atomic E-state index is 5.79. The molecule has 0 amide bonds. The topological polar surface area (TPSA) is 66.4 Å². The molecule has 0 saturated heterocycles. The van der Waals surface area contributed by atoms with E-state index >= 15 is 0 Å². The van der Waals surface area contributed by atoms with Crippen LogP contribution in [0.1, 0.15) is 12.5 Å². The van der Waals surface area contributed by atoms with Crippen LogP contribution in [0.2, 0.25) is 5.28 Å². The molecule has 0 radical (unpaired) electrons. The van der Waals surface area contributed by atoms with Crippen molar-refractivity contribution >= 4 is 11.6 Å². The number of hydrogen-bond acceptors (Lipinski definition) is 6. The molecule has 1 aromatic carbocycles. The monoisotopic (exact) mass is 295 g/mol. The van der Waals surface area contributed by atoms with Gasteiger partial charge in [-0.15, -0.1) is 4.98 Å². The molecule has 0 aliphatic carbocycles. The number of hydrogen-bond donors (Lipinski definition) is 0. The van der Waals surface area contributed by atoms with Crippen LogP contribution in [0.5, 0.6) is 17.8 Å². The molecule has 0 aliphatic rings. The van der Waals surface area contributed by atoms with Gasteiger partial charge < -0.3 is 14.2 Å². The van der Waals surface area contributed by atoms with Crippen molar-refractivity contribution in [1.29, 1.82) is 0 Å². The molecule has 0 N–H and O–H groups in total. The van der Waals surface area contributed by atoms with E-state index in [-0.39, 0.29) is 17.3 Å². The summed E-state index contributed by atoms with van der Waals surface area (Å²) in [4.78, 5) is 11.7. The summed E-state index contributed by atoms with van der Waals surface area (Å²) in [6, 6.07) is 7.63. The van der Waals surface area contributed by atoms with E-state index in [1.807, 2.05) is 25.1 Å². The van der Waals surface area contributed by atoms with Crippen molar-refractivity contribution in [2.45, 2.75) is 13.5 Å². The molecule has 7 heteroatoms. The van der Waals surface area contributed by atoms with Crippen molar-refractivity contribution in [3.63, 3.8) is 0 Å². The highest BCUT2D eigenvalue weighted by Crippen LogP contribution is 2.21. The number of nitrogens with zero attached hydrogens (tertiary/aromatic N) is 3. The van der Waals surface area contributed by atoms with Crippen LogP contribution in [0.3, 0.4) is 0 Å². The van der Waals surface area contributed by atoms with Gasteiger partial charge in [0.2, 0.25) is 5.28 Å². The molecular formula is C13H14ClN3O3. The Balaban J connectivity index is 2.18. The minimum Gasteiger partial charge on any atom is -0.464 e. The fourth-order valence-corrected chi connectivity index (χ4v) is 1.67. The van der Waals surface area contributed by atoms with E-state index in [1.165, 1.54) is 0 Å². The van der Waals surface area contributed by atoms with Crippen molar-refractivity contribution in [3.8, 4) is 17.8 Å². The average molecular weight is 296 g/mol. The standard InChI is InChI=1S/C13H14ClN3O3/c1-3-19-12-15-11(14)16-13(17-12)20-10-6-4-5-9(7-10)8-18-2/h4-7H,3,8H2,1-2H3. The van der Waals surface area contributed by atoms with Crippen LogP contribution in [0.25, 0.3) is 0 Å². The number of ether oxygens (including phenoxy) is 3. The first-order valence-electron chi connectivity index (χ1n) is 6.01. The van der Waals surface area contributed by atoms with E-state index in [0.717, 1.165) is 5.56 Å². The third-order valence-electron chi connectivity index (χ3n) is 2.26. The summed E-state index contributed by atoms with van der Waals surface area (Å²) in [5, 5.41) is 0.0199. The van der Waals surface area contributed by atoms with Crippen LogP contribution in [0.15, 0.2) is 24.3 Å². The molecule has 0 saturated carbocycles. The van der Waals surface area contributed by atoms with Crippen LogP contribution >= 0.6 is 11.6 Å². The van der Waals surface area contributed by atoms with Crippen LogP contribution in [-0.2, 0) is 11.3 Å². The van der Waals surface area contributed by atoms with Gasteiger partial charge in [-0.25, -0.2) is 0 Å². The Morgan fingerprint density at radius 2 is 1.95 bits per heavy atom. The van der Waals surface area contributed by atoms with Crippen LogP contribution in [0, 0.1) is 0 Å². The second kappa shape index (κ2) is 7.02. The molecule has 0 spiro atoms. The average Bonchev–Trinajstić information content (AvgIpc) is 2.39. The maximum Gasteiger partial charge on any atom is 0.329 e. The molecule has 0 unspecified atom stereocenters. The van der Waals surface area contributed by atoms with E-state index in [0.29, 0.717) is 19.0 Å². The minimum absolute atomic E-state index is 0.0199. The maximum absolute atomic E-state index is 5.79. The lowest BCUT2D eigenvalue weighted by Gasteiger charge is -2.07. The molecule has 0 bridgehead atoms. The fourth-order valence-electron chi connectivity index (χ4n) is 1.52. The van der Waals surface area contributed by atoms with Crippen LogP contribution in [0.4, 0.5) is 0 Å². The lowest BCUT2D eigenvalue weighted by Crippen LogP contribution is -2.01. The summed E-state index contributed by atoms with van der Waals surface area (Å²) in [6.07, 6.45) is 0. The van der Waals surface area contributed by atoms with E-state index in [2.05, 4.69) is 15.0 Å². The van der Waals surface area contributed by atoms with Crippen molar-refractivity contribution in [3.05, 3.63) is 35.1 Å². The van der Waals surface area contributed by atoms with Gasteiger partial charge in [0.25, 0.3) is 0 Å². The number of methoxy groups -OCH3 is 1. The predicted molar refractivity (Wildman–Crippen MR) is 73.2 cm³/mol. The van der Waals surface area contributed by atoms with E-state index in [1.54, 1.807) is 13.2 Å². The van der Waals surface area contributed by atoms with Gasteiger partial charge in [-0.3, -0.25) is 0 Å². The molecule has 2 rings (SSSR count). The largest absolute Gasteiger partial charge is 0.464 e. The molecule has 0 aliphatic heterocycles. The summed E-state index contributed by atoms with van der Waals surface area (Å²) < 4.78 is 15.8. The second-order valence-corrected chi connectivity index (χ2v) is 4.12. The first kappa shape index (κ1) is 14.5. The highest BCUT2D eigenvalue weighted by atomic mass is 35.5. The Morgan fingerprint density at radius 3 is 2.70 bits per heavy atom. The number of benzene rings is 1. The van der Waals surface area contributed by atoms with Crippen LogP contribution in [-0.4, -0.2) is 28.7 Å². The molecular weight excluding hydrogens is 282 g/mol. The SMILES string of the molecule is CCOc1nc(Cl)nc(Oc2cccc(COC)c2)n1. The van der Waals surface area contributed by atoms with Gasteiger partial charge in [0.15, 0.2) is 0 Å². The molecule has 6 nitrogen and oxygen atoms in total. The molecule has 1 heterocycles. The molecule has 2 aromatic rings. The highest BCUT2D eigenvalue weighted by Gasteiger charge is 2.08. The number of rotatable bonds is 6. The Bertz CT molecular complexity index is 581. The Kier molecular flexibility index (Phi) is 5.09. The summed E-state index contributed by atoms with van der Waals surface area (Å²) in [7, 11) is 1.63. The van der Waals surface area contributed by atoms with Crippen molar-refractivity contribution in [2.75, 3.05) is 13.7 Å². The van der Waals surface area contributed by atoms with Crippen molar-refractivity contribution < 1.29 is 14.2 Å². The van der Waals surface area contributed by atoms with Gasteiger partial charge in [-0.05, 0) is 36.2 Å². The van der Waals surface area contributed by atoms with Crippen molar-refractivity contribution in [1.82, 2.24) is 15.0 Å². The first-order chi connectivity index (χ1) is 9.71. The van der Waals surface area contributed by atoms with Gasteiger partial charge >= 0.3 is 12.0 Å².